The Morgan fingerprint density at radius 1 is 0.852 bits per heavy atom. The van der Waals surface area contributed by atoms with Crippen molar-refractivity contribution < 1.29 is 23.9 Å². The third-order valence-electron chi connectivity index (χ3n) is 4.66. The van der Waals surface area contributed by atoms with Crippen molar-refractivity contribution in [1.29, 1.82) is 0 Å². The number of methoxy groups -OCH3 is 2. The summed E-state index contributed by atoms with van der Waals surface area (Å²) in [5.74, 6) is -0.117. The zero-order valence-corrected chi connectivity index (χ0v) is 15.0. The average Bonchev–Trinajstić information content (AvgIpc) is 2.71. The van der Waals surface area contributed by atoms with Gasteiger partial charge in [-0.25, -0.2) is 4.79 Å². The molecule has 0 unspecified atom stereocenters. The van der Waals surface area contributed by atoms with E-state index in [4.69, 9.17) is 9.47 Å². The average molecular weight is 360 g/mol. The molecule has 0 bridgehead atoms. The number of rotatable bonds is 4. The van der Waals surface area contributed by atoms with Crippen LogP contribution in [0.3, 0.4) is 0 Å². The van der Waals surface area contributed by atoms with Gasteiger partial charge in [0.05, 0.1) is 25.2 Å². The summed E-state index contributed by atoms with van der Waals surface area (Å²) in [4.78, 5) is 12.2. The second-order valence-corrected chi connectivity index (χ2v) is 6.06. The quantitative estimate of drug-likeness (QED) is 0.442. The molecule has 0 spiro atoms. The molecule has 0 saturated heterocycles. The number of para-hydroxylation sites is 2. The minimum Gasteiger partial charge on any atom is -0.493 e. The van der Waals surface area contributed by atoms with Crippen LogP contribution in [-0.4, -0.2) is 25.3 Å². The molecule has 5 nitrogen and oxygen atoms in total. The first-order valence-corrected chi connectivity index (χ1v) is 8.47. The summed E-state index contributed by atoms with van der Waals surface area (Å²) in [7, 11) is 3.06. The van der Waals surface area contributed by atoms with Gasteiger partial charge in [0.15, 0.2) is 11.5 Å². The van der Waals surface area contributed by atoms with Crippen molar-refractivity contribution in [2.24, 2.45) is 0 Å². The van der Waals surface area contributed by atoms with Crippen LogP contribution in [0.4, 0.5) is 0 Å². The predicted molar refractivity (Wildman–Crippen MR) is 103 cm³/mol. The van der Waals surface area contributed by atoms with Crippen molar-refractivity contribution in [1.82, 2.24) is 0 Å². The highest BCUT2D eigenvalue weighted by Crippen LogP contribution is 2.39. The van der Waals surface area contributed by atoms with E-state index < -0.39 is 5.97 Å². The van der Waals surface area contributed by atoms with Gasteiger partial charge in [-0.3, -0.25) is 0 Å². The van der Waals surface area contributed by atoms with Gasteiger partial charge < -0.3 is 14.6 Å². The first-order chi connectivity index (χ1) is 13.2. The van der Waals surface area contributed by atoms with Gasteiger partial charge in [0.25, 0.3) is 0 Å². The summed E-state index contributed by atoms with van der Waals surface area (Å²) < 4.78 is 13.0. The van der Waals surface area contributed by atoms with Crippen molar-refractivity contribution in [3.05, 3.63) is 72.3 Å². The Morgan fingerprint density at radius 3 is 2.22 bits per heavy atom. The molecule has 0 aliphatic carbocycles. The molecule has 4 aromatic rings. The second kappa shape index (κ2) is 6.61. The number of hydrogen-bond acceptors (Lipinski definition) is 3. The molecule has 1 N–H and O–H groups in total. The highest BCUT2D eigenvalue weighted by atomic mass is 16.5. The van der Waals surface area contributed by atoms with E-state index >= 15 is 0 Å². The Hall–Kier alpha value is -3.60. The van der Waals surface area contributed by atoms with Crippen molar-refractivity contribution >= 4 is 27.8 Å². The van der Waals surface area contributed by atoms with E-state index in [0.29, 0.717) is 22.3 Å². The molecular formula is C22H18NO4+. The molecule has 1 aromatic heterocycles. The molecule has 134 valence electrons. The Morgan fingerprint density at radius 2 is 1.56 bits per heavy atom. The topological polar surface area (TPSA) is 59.6 Å². The summed E-state index contributed by atoms with van der Waals surface area (Å²) >= 11 is 0. The highest BCUT2D eigenvalue weighted by molar-refractivity contribution is 6.14. The number of aromatic nitrogens is 1. The fourth-order valence-electron chi connectivity index (χ4n) is 3.57. The van der Waals surface area contributed by atoms with E-state index in [2.05, 4.69) is 0 Å². The number of fused-ring (bicyclic) bond motifs is 2. The summed E-state index contributed by atoms with van der Waals surface area (Å²) in [5, 5.41) is 11.2. The Kier molecular flexibility index (Phi) is 4.12. The smallest absolute Gasteiger partial charge is 0.337 e. The van der Waals surface area contributed by atoms with E-state index in [0.717, 1.165) is 16.7 Å². The molecular weight excluding hydrogens is 342 g/mol. The standard InChI is InChI=1S/C22H17NO4/c1-26-18-13-12-17-20(21(18)27-2)19(22(24)25)15-10-6-7-11-16(15)23(17)14-8-4-3-5-9-14/h3-13H,1-2H3/p+1. The first-order valence-electron chi connectivity index (χ1n) is 8.47. The van der Waals surface area contributed by atoms with Crippen LogP contribution in [0.5, 0.6) is 11.5 Å². The van der Waals surface area contributed by atoms with Crippen LogP contribution in [0.25, 0.3) is 27.5 Å². The third-order valence-corrected chi connectivity index (χ3v) is 4.66. The molecule has 4 rings (SSSR count). The number of pyridine rings is 1. The van der Waals surface area contributed by atoms with Crippen molar-refractivity contribution in [2.75, 3.05) is 14.2 Å². The Labute approximate surface area is 156 Å². The van der Waals surface area contributed by atoms with Gasteiger partial charge >= 0.3 is 5.97 Å². The van der Waals surface area contributed by atoms with Crippen LogP contribution in [0, 0.1) is 0 Å². The molecule has 0 amide bonds. The minimum atomic E-state index is -1.01. The fraction of sp³-hybridized carbons (Fsp3) is 0.0909. The predicted octanol–water partition coefficient (Wildman–Crippen LogP) is 3.99. The number of carboxylic acids is 1. The summed E-state index contributed by atoms with van der Waals surface area (Å²) in [6.45, 7) is 0. The van der Waals surface area contributed by atoms with E-state index in [1.807, 2.05) is 65.2 Å². The lowest BCUT2D eigenvalue weighted by molar-refractivity contribution is -0.538. The van der Waals surface area contributed by atoms with Crippen molar-refractivity contribution in [2.45, 2.75) is 0 Å². The van der Waals surface area contributed by atoms with Crippen LogP contribution >= 0.6 is 0 Å². The van der Waals surface area contributed by atoms with Crippen molar-refractivity contribution in [3.63, 3.8) is 0 Å². The second-order valence-electron chi connectivity index (χ2n) is 6.06. The van der Waals surface area contributed by atoms with Gasteiger partial charge in [0.1, 0.15) is 5.39 Å². The minimum absolute atomic E-state index is 0.198. The van der Waals surface area contributed by atoms with Gasteiger partial charge in [0, 0.05) is 24.3 Å². The number of carbonyl (C=O) groups is 1. The van der Waals surface area contributed by atoms with Crippen LogP contribution < -0.4 is 14.0 Å². The lowest BCUT2D eigenvalue weighted by Gasteiger charge is -2.14. The van der Waals surface area contributed by atoms with Gasteiger partial charge in [0.2, 0.25) is 16.7 Å². The molecule has 5 heteroatoms. The lowest BCUT2D eigenvalue weighted by atomic mass is 10.00. The largest absolute Gasteiger partial charge is 0.493 e. The van der Waals surface area contributed by atoms with Gasteiger partial charge in [-0.15, -0.1) is 0 Å². The number of nitrogens with zero attached hydrogens (tertiary/aromatic N) is 1. The maximum Gasteiger partial charge on any atom is 0.337 e. The number of hydrogen-bond donors (Lipinski definition) is 1. The summed E-state index contributed by atoms with van der Waals surface area (Å²) in [5.41, 5.74) is 2.67. The lowest BCUT2D eigenvalue weighted by Crippen LogP contribution is -2.33. The van der Waals surface area contributed by atoms with Crippen LogP contribution in [0.15, 0.2) is 66.7 Å². The van der Waals surface area contributed by atoms with Gasteiger partial charge in [-0.2, -0.15) is 4.57 Å². The first kappa shape index (κ1) is 16.8. The third kappa shape index (κ3) is 2.56. The fourth-order valence-corrected chi connectivity index (χ4v) is 3.57. The zero-order valence-electron chi connectivity index (χ0n) is 15.0. The van der Waals surface area contributed by atoms with E-state index in [9.17, 15) is 9.90 Å². The summed E-state index contributed by atoms with van der Waals surface area (Å²) in [6.07, 6.45) is 0. The maximum absolute atomic E-state index is 12.2. The molecule has 0 fully saturated rings. The van der Waals surface area contributed by atoms with E-state index in [-0.39, 0.29) is 5.56 Å². The Bertz CT molecular complexity index is 1170. The number of benzene rings is 3. The van der Waals surface area contributed by atoms with E-state index in [1.54, 1.807) is 6.07 Å². The normalized spacial score (nSPS) is 10.9. The molecule has 27 heavy (non-hydrogen) atoms. The highest BCUT2D eigenvalue weighted by Gasteiger charge is 2.29. The molecule has 0 saturated carbocycles. The number of carboxylic acid groups (broad SMARTS) is 1. The molecule has 0 radical (unpaired) electrons. The maximum atomic E-state index is 12.2. The van der Waals surface area contributed by atoms with Crippen LogP contribution in [0.2, 0.25) is 0 Å². The Balaban J connectivity index is 2.33. The molecule has 1 heterocycles. The molecule has 0 atom stereocenters. The number of ether oxygens (including phenoxy) is 2. The number of aromatic carboxylic acids is 1. The van der Waals surface area contributed by atoms with Crippen molar-refractivity contribution in [3.8, 4) is 17.2 Å². The summed E-state index contributed by atoms with van der Waals surface area (Å²) in [6, 6.07) is 21.0. The van der Waals surface area contributed by atoms with Crippen LogP contribution in [0.1, 0.15) is 10.4 Å². The SMILES string of the molecule is COc1ccc2c(c1OC)c(C(=O)O)c1ccccc1[n+]2-c1ccccc1. The van der Waals surface area contributed by atoms with Crippen LogP contribution in [-0.2, 0) is 0 Å². The van der Waals surface area contributed by atoms with Gasteiger partial charge in [-0.1, -0.05) is 30.3 Å². The molecule has 0 aliphatic rings. The zero-order chi connectivity index (χ0) is 19.0. The van der Waals surface area contributed by atoms with Gasteiger partial charge in [-0.05, 0) is 12.1 Å². The van der Waals surface area contributed by atoms with E-state index in [1.165, 1.54) is 14.2 Å². The monoisotopic (exact) mass is 360 g/mol. The molecule has 0 aliphatic heterocycles. The molecule has 3 aromatic carbocycles.